The van der Waals surface area contributed by atoms with Gasteiger partial charge < -0.3 is 9.47 Å². The summed E-state index contributed by atoms with van der Waals surface area (Å²) >= 11 is 1.30. The Morgan fingerprint density at radius 1 is 1.12 bits per heavy atom. The topological polar surface area (TPSA) is 60.5 Å². The Bertz CT molecular complexity index is 821. The Hall–Kier alpha value is -2.93. The number of amides is 1. The maximum atomic E-state index is 13.2. The standard InChI is InChI=1S/C18H15FN2O3S/c1-23-14-6-8-15(9-7-14)24-16(12-2-4-13(19)5-3-12)17(22)21-18-20-10-11-25-18/h2-11,16H,1H3,(H,20,21,22). The van der Waals surface area contributed by atoms with Gasteiger partial charge >= 0.3 is 0 Å². The van der Waals surface area contributed by atoms with Gasteiger partial charge in [0.25, 0.3) is 5.91 Å². The summed E-state index contributed by atoms with van der Waals surface area (Å²) in [4.78, 5) is 16.7. The van der Waals surface area contributed by atoms with Gasteiger partial charge in [-0.05, 0) is 36.4 Å². The molecule has 2 aromatic carbocycles. The zero-order chi connectivity index (χ0) is 17.6. The predicted octanol–water partition coefficient (Wildman–Crippen LogP) is 4.05. The summed E-state index contributed by atoms with van der Waals surface area (Å²) in [7, 11) is 1.57. The van der Waals surface area contributed by atoms with Gasteiger partial charge in [0.2, 0.25) is 6.10 Å². The summed E-state index contributed by atoms with van der Waals surface area (Å²) in [6.45, 7) is 0. The zero-order valence-electron chi connectivity index (χ0n) is 13.3. The highest BCUT2D eigenvalue weighted by atomic mass is 32.1. The number of ether oxygens (including phenoxy) is 2. The molecule has 1 N–H and O–H groups in total. The number of hydrogen-bond acceptors (Lipinski definition) is 5. The second kappa shape index (κ2) is 7.76. The summed E-state index contributed by atoms with van der Waals surface area (Å²) in [5, 5.41) is 4.93. The average Bonchev–Trinajstić information content (AvgIpc) is 3.14. The van der Waals surface area contributed by atoms with Crippen LogP contribution in [0.5, 0.6) is 11.5 Å². The van der Waals surface area contributed by atoms with Gasteiger partial charge in [0.1, 0.15) is 17.3 Å². The van der Waals surface area contributed by atoms with Gasteiger partial charge in [-0.1, -0.05) is 12.1 Å². The number of methoxy groups -OCH3 is 1. The predicted molar refractivity (Wildman–Crippen MR) is 93.5 cm³/mol. The molecule has 0 saturated heterocycles. The van der Waals surface area contributed by atoms with E-state index in [0.29, 0.717) is 22.2 Å². The number of nitrogens with one attached hydrogen (secondary N) is 1. The zero-order valence-corrected chi connectivity index (χ0v) is 14.1. The molecule has 1 aromatic heterocycles. The molecule has 0 fully saturated rings. The van der Waals surface area contributed by atoms with Crippen molar-refractivity contribution >= 4 is 22.4 Å². The van der Waals surface area contributed by atoms with E-state index in [1.54, 1.807) is 43.0 Å². The van der Waals surface area contributed by atoms with Crippen LogP contribution in [0.3, 0.4) is 0 Å². The third-order valence-electron chi connectivity index (χ3n) is 3.39. The minimum atomic E-state index is -0.946. The fourth-order valence-corrected chi connectivity index (χ4v) is 2.69. The maximum absolute atomic E-state index is 13.2. The molecule has 0 aliphatic heterocycles. The molecule has 3 rings (SSSR count). The van der Waals surface area contributed by atoms with E-state index in [9.17, 15) is 9.18 Å². The summed E-state index contributed by atoms with van der Waals surface area (Å²) in [5.74, 6) is 0.395. The Balaban J connectivity index is 1.84. The van der Waals surface area contributed by atoms with Crippen molar-refractivity contribution in [1.82, 2.24) is 4.98 Å². The van der Waals surface area contributed by atoms with Crippen LogP contribution in [0.2, 0.25) is 0 Å². The first-order chi connectivity index (χ1) is 12.2. The minimum Gasteiger partial charge on any atom is -0.497 e. The van der Waals surface area contributed by atoms with Crippen LogP contribution in [-0.4, -0.2) is 18.0 Å². The van der Waals surface area contributed by atoms with Gasteiger partial charge in [0.05, 0.1) is 7.11 Å². The van der Waals surface area contributed by atoms with Crippen molar-refractivity contribution < 1.29 is 18.7 Å². The van der Waals surface area contributed by atoms with Crippen LogP contribution in [0.15, 0.2) is 60.1 Å². The van der Waals surface area contributed by atoms with E-state index >= 15 is 0 Å². The summed E-state index contributed by atoms with van der Waals surface area (Å²) < 4.78 is 24.1. The number of halogens is 1. The van der Waals surface area contributed by atoms with Gasteiger partial charge in [0, 0.05) is 17.1 Å². The number of aromatic nitrogens is 1. The van der Waals surface area contributed by atoms with Crippen molar-refractivity contribution in [2.24, 2.45) is 0 Å². The Labute approximate surface area is 148 Å². The lowest BCUT2D eigenvalue weighted by atomic mass is 10.1. The first kappa shape index (κ1) is 16.9. The molecule has 1 amide bonds. The number of anilines is 1. The van der Waals surface area contributed by atoms with Crippen molar-refractivity contribution in [3.05, 3.63) is 71.5 Å². The highest BCUT2D eigenvalue weighted by molar-refractivity contribution is 7.13. The Morgan fingerprint density at radius 2 is 1.80 bits per heavy atom. The minimum absolute atomic E-state index is 0.382. The Morgan fingerprint density at radius 3 is 2.40 bits per heavy atom. The summed E-state index contributed by atoms with van der Waals surface area (Å²) in [6.07, 6.45) is 0.648. The average molecular weight is 358 g/mol. The van der Waals surface area contributed by atoms with Gasteiger partial charge in [-0.3, -0.25) is 10.1 Å². The van der Waals surface area contributed by atoms with Crippen LogP contribution >= 0.6 is 11.3 Å². The smallest absolute Gasteiger partial charge is 0.271 e. The molecular weight excluding hydrogens is 343 g/mol. The normalized spacial score (nSPS) is 11.6. The molecule has 7 heteroatoms. The Kier molecular flexibility index (Phi) is 5.25. The SMILES string of the molecule is COc1ccc(OC(C(=O)Nc2nccs2)c2ccc(F)cc2)cc1. The number of thiazole rings is 1. The van der Waals surface area contributed by atoms with E-state index in [0.717, 1.165) is 0 Å². The quantitative estimate of drug-likeness (QED) is 0.722. The molecule has 0 bridgehead atoms. The van der Waals surface area contributed by atoms with E-state index in [1.807, 2.05) is 0 Å². The van der Waals surface area contributed by atoms with Crippen LogP contribution < -0.4 is 14.8 Å². The van der Waals surface area contributed by atoms with Gasteiger partial charge in [-0.15, -0.1) is 11.3 Å². The van der Waals surface area contributed by atoms with Crippen LogP contribution in [0.1, 0.15) is 11.7 Å². The number of nitrogens with zero attached hydrogens (tertiary/aromatic N) is 1. The number of rotatable bonds is 6. The third kappa shape index (κ3) is 4.33. The molecule has 0 radical (unpaired) electrons. The van der Waals surface area contributed by atoms with Crippen LogP contribution in [0, 0.1) is 5.82 Å². The first-order valence-corrected chi connectivity index (χ1v) is 8.30. The monoisotopic (exact) mass is 358 g/mol. The molecule has 0 aliphatic carbocycles. The molecule has 1 atom stereocenters. The lowest BCUT2D eigenvalue weighted by molar-refractivity contribution is -0.123. The first-order valence-electron chi connectivity index (χ1n) is 7.42. The molecule has 3 aromatic rings. The molecule has 128 valence electrons. The fourth-order valence-electron chi connectivity index (χ4n) is 2.16. The molecule has 25 heavy (non-hydrogen) atoms. The summed E-state index contributed by atoms with van der Waals surface area (Å²) in [6, 6.07) is 12.5. The largest absolute Gasteiger partial charge is 0.497 e. The van der Waals surface area contributed by atoms with Crippen LogP contribution in [0.25, 0.3) is 0 Å². The van der Waals surface area contributed by atoms with E-state index < -0.39 is 12.0 Å². The fraction of sp³-hybridized carbons (Fsp3) is 0.111. The highest BCUT2D eigenvalue weighted by Gasteiger charge is 2.24. The lowest BCUT2D eigenvalue weighted by Gasteiger charge is -2.18. The van der Waals surface area contributed by atoms with E-state index in [2.05, 4.69) is 10.3 Å². The second-order valence-corrected chi connectivity index (χ2v) is 5.95. The number of carbonyl (C=O) groups is 1. The maximum Gasteiger partial charge on any atom is 0.271 e. The van der Waals surface area contributed by atoms with Crippen LogP contribution in [0.4, 0.5) is 9.52 Å². The van der Waals surface area contributed by atoms with Crippen molar-refractivity contribution in [3.63, 3.8) is 0 Å². The third-order valence-corrected chi connectivity index (χ3v) is 4.08. The molecule has 1 unspecified atom stereocenters. The van der Waals surface area contributed by atoms with Crippen molar-refractivity contribution in [2.75, 3.05) is 12.4 Å². The lowest BCUT2D eigenvalue weighted by Crippen LogP contribution is -2.25. The molecule has 0 spiro atoms. The van der Waals surface area contributed by atoms with Crippen LogP contribution in [-0.2, 0) is 4.79 Å². The van der Waals surface area contributed by atoms with E-state index in [4.69, 9.17) is 9.47 Å². The number of hydrogen-bond donors (Lipinski definition) is 1. The van der Waals surface area contributed by atoms with E-state index in [1.165, 1.54) is 35.6 Å². The number of benzene rings is 2. The van der Waals surface area contributed by atoms with Gasteiger partial charge in [-0.25, -0.2) is 9.37 Å². The van der Waals surface area contributed by atoms with Gasteiger partial charge in [-0.2, -0.15) is 0 Å². The van der Waals surface area contributed by atoms with Crippen molar-refractivity contribution in [2.45, 2.75) is 6.10 Å². The summed E-state index contributed by atoms with van der Waals surface area (Å²) in [5.41, 5.74) is 0.534. The van der Waals surface area contributed by atoms with Gasteiger partial charge in [0.15, 0.2) is 5.13 Å². The van der Waals surface area contributed by atoms with Crippen molar-refractivity contribution in [3.8, 4) is 11.5 Å². The molecule has 1 heterocycles. The second-order valence-electron chi connectivity index (χ2n) is 5.05. The molecule has 0 saturated carbocycles. The molecular formula is C18H15FN2O3S. The van der Waals surface area contributed by atoms with E-state index in [-0.39, 0.29) is 5.82 Å². The number of carbonyl (C=O) groups excluding carboxylic acids is 1. The highest BCUT2D eigenvalue weighted by Crippen LogP contribution is 2.26. The molecule has 5 nitrogen and oxygen atoms in total. The van der Waals surface area contributed by atoms with Crippen molar-refractivity contribution in [1.29, 1.82) is 0 Å². The molecule has 0 aliphatic rings.